The number of nitrogens with one attached hydrogen (secondary N) is 1. The zero-order valence-electron chi connectivity index (χ0n) is 12.6. The van der Waals surface area contributed by atoms with E-state index in [4.69, 9.17) is 16.3 Å². The monoisotopic (exact) mass is 344 g/mol. The van der Waals surface area contributed by atoms with Crippen LogP contribution in [0.2, 0.25) is 5.02 Å². The Balaban J connectivity index is 1.68. The number of amides is 1. The van der Waals surface area contributed by atoms with Crippen molar-refractivity contribution < 1.29 is 9.53 Å². The van der Waals surface area contributed by atoms with Crippen LogP contribution in [-0.4, -0.2) is 36.7 Å². The second kappa shape index (κ2) is 7.05. The van der Waals surface area contributed by atoms with Crippen LogP contribution in [0.5, 0.6) is 5.75 Å². The molecule has 3 aromatic rings. The number of hydrogen-bond acceptors (Lipinski definition) is 6. The molecule has 1 N–H and O–H groups in total. The van der Waals surface area contributed by atoms with E-state index in [0.29, 0.717) is 22.4 Å². The smallest absolute Gasteiger partial charge is 0.266 e. The van der Waals surface area contributed by atoms with Gasteiger partial charge in [0.25, 0.3) is 5.91 Å². The SMILES string of the molecule is CC(Oc1ccccc1Cl)C(=O)Nc1cc(-n2cncn2)ncn1. The van der Waals surface area contributed by atoms with Crippen molar-refractivity contribution in [2.24, 2.45) is 0 Å². The van der Waals surface area contributed by atoms with Gasteiger partial charge in [-0.3, -0.25) is 4.79 Å². The molecule has 24 heavy (non-hydrogen) atoms. The van der Waals surface area contributed by atoms with Gasteiger partial charge in [0.05, 0.1) is 5.02 Å². The third-order valence-corrected chi connectivity index (χ3v) is 3.38. The molecule has 8 nitrogen and oxygen atoms in total. The summed E-state index contributed by atoms with van der Waals surface area (Å²) in [6.45, 7) is 1.62. The molecular formula is C15H13ClN6O2. The van der Waals surface area contributed by atoms with E-state index in [0.717, 1.165) is 0 Å². The van der Waals surface area contributed by atoms with Crippen LogP contribution < -0.4 is 10.1 Å². The molecule has 122 valence electrons. The van der Waals surface area contributed by atoms with Crippen LogP contribution in [0, 0.1) is 0 Å². The first-order valence-corrected chi connectivity index (χ1v) is 7.40. The largest absolute Gasteiger partial charge is 0.479 e. The minimum atomic E-state index is -0.755. The maximum atomic E-state index is 12.3. The van der Waals surface area contributed by atoms with Gasteiger partial charge in [0.15, 0.2) is 11.9 Å². The summed E-state index contributed by atoms with van der Waals surface area (Å²) in [7, 11) is 0. The summed E-state index contributed by atoms with van der Waals surface area (Å²) in [6.07, 6.45) is 3.46. The summed E-state index contributed by atoms with van der Waals surface area (Å²) < 4.78 is 7.03. The van der Waals surface area contributed by atoms with Crippen molar-refractivity contribution in [3.63, 3.8) is 0 Å². The number of ether oxygens (including phenoxy) is 1. The lowest BCUT2D eigenvalue weighted by Crippen LogP contribution is -2.30. The minimum Gasteiger partial charge on any atom is -0.479 e. The maximum Gasteiger partial charge on any atom is 0.266 e. The number of anilines is 1. The second-order valence-corrected chi connectivity index (χ2v) is 5.19. The normalized spacial score (nSPS) is 11.8. The number of carbonyl (C=O) groups excluding carboxylic acids is 1. The molecule has 2 aromatic heterocycles. The lowest BCUT2D eigenvalue weighted by atomic mass is 10.3. The molecule has 0 fully saturated rings. The predicted molar refractivity (Wildman–Crippen MR) is 87.1 cm³/mol. The van der Waals surface area contributed by atoms with Crippen molar-refractivity contribution in [2.45, 2.75) is 13.0 Å². The van der Waals surface area contributed by atoms with Crippen molar-refractivity contribution >= 4 is 23.3 Å². The number of halogens is 1. The van der Waals surface area contributed by atoms with Gasteiger partial charge in [0.1, 0.15) is 30.5 Å². The highest BCUT2D eigenvalue weighted by atomic mass is 35.5. The molecule has 0 aliphatic heterocycles. The molecule has 1 aromatic carbocycles. The van der Waals surface area contributed by atoms with E-state index < -0.39 is 6.10 Å². The molecule has 9 heteroatoms. The Labute approximate surface area is 142 Å². The molecule has 0 saturated carbocycles. The predicted octanol–water partition coefficient (Wildman–Crippen LogP) is 2.12. The summed E-state index contributed by atoms with van der Waals surface area (Å²) in [6, 6.07) is 8.53. The van der Waals surface area contributed by atoms with Gasteiger partial charge in [-0.05, 0) is 19.1 Å². The fourth-order valence-corrected chi connectivity index (χ4v) is 2.06. The number of rotatable bonds is 5. The Bertz CT molecular complexity index is 839. The Kier molecular flexibility index (Phi) is 4.66. The highest BCUT2D eigenvalue weighted by Crippen LogP contribution is 2.24. The molecule has 1 amide bonds. The summed E-state index contributed by atoms with van der Waals surface area (Å²) in [5.74, 6) is 0.888. The van der Waals surface area contributed by atoms with Gasteiger partial charge in [-0.2, -0.15) is 5.10 Å². The van der Waals surface area contributed by atoms with E-state index in [2.05, 4.69) is 25.4 Å². The van der Waals surface area contributed by atoms with Crippen LogP contribution in [-0.2, 0) is 4.79 Å². The molecule has 2 heterocycles. The van der Waals surface area contributed by atoms with Crippen molar-refractivity contribution in [1.29, 1.82) is 0 Å². The molecule has 0 saturated heterocycles. The first-order valence-electron chi connectivity index (χ1n) is 7.02. The summed E-state index contributed by atoms with van der Waals surface area (Å²) in [5, 5.41) is 7.07. The molecule has 0 aliphatic carbocycles. The van der Waals surface area contributed by atoms with Crippen LogP contribution in [0.25, 0.3) is 5.82 Å². The first kappa shape index (κ1) is 15.9. The van der Waals surface area contributed by atoms with Gasteiger partial charge in [-0.15, -0.1) is 0 Å². The van der Waals surface area contributed by atoms with E-state index >= 15 is 0 Å². The average molecular weight is 345 g/mol. The molecule has 0 radical (unpaired) electrons. The van der Waals surface area contributed by atoms with Crippen LogP contribution in [0.4, 0.5) is 5.82 Å². The zero-order chi connectivity index (χ0) is 16.9. The Morgan fingerprint density at radius 1 is 1.29 bits per heavy atom. The minimum absolute atomic E-state index is 0.329. The van der Waals surface area contributed by atoms with Crippen molar-refractivity contribution in [2.75, 3.05) is 5.32 Å². The van der Waals surface area contributed by atoms with Gasteiger partial charge in [-0.25, -0.2) is 19.6 Å². The molecule has 0 spiro atoms. The van der Waals surface area contributed by atoms with Gasteiger partial charge < -0.3 is 10.1 Å². The summed E-state index contributed by atoms with van der Waals surface area (Å²) in [5.41, 5.74) is 0. The van der Waals surface area contributed by atoms with E-state index in [1.807, 2.05) is 0 Å². The van der Waals surface area contributed by atoms with E-state index in [-0.39, 0.29) is 5.91 Å². The number of aromatic nitrogens is 5. The van der Waals surface area contributed by atoms with E-state index in [1.54, 1.807) is 37.3 Å². The third kappa shape index (κ3) is 3.66. The Morgan fingerprint density at radius 2 is 2.12 bits per heavy atom. The molecular weight excluding hydrogens is 332 g/mol. The summed E-state index contributed by atoms with van der Waals surface area (Å²) >= 11 is 6.02. The maximum absolute atomic E-state index is 12.3. The van der Waals surface area contributed by atoms with E-state index in [9.17, 15) is 4.79 Å². The highest BCUT2D eigenvalue weighted by molar-refractivity contribution is 6.32. The molecule has 0 aliphatic rings. The lowest BCUT2D eigenvalue weighted by Gasteiger charge is -2.15. The number of hydrogen-bond donors (Lipinski definition) is 1. The van der Waals surface area contributed by atoms with Crippen molar-refractivity contribution in [3.05, 3.63) is 54.3 Å². The number of benzene rings is 1. The molecule has 3 rings (SSSR count). The number of para-hydroxylation sites is 1. The van der Waals surface area contributed by atoms with Crippen molar-refractivity contribution in [3.8, 4) is 11.6 Å². The van der Waals surface area contributed by atoms with Gasteiger partial charge in [0, 0.05) is 6.07 Å². The molecule has 1 unspecified atom stereocenters. The van der Waals surface area contributed by atoms with Crippen LogP contribution >= 0.6 is 11.6 Å². The summed E-state index contributed by atoms with van der Waals surface area (Å²) in [4.78, 5) is 24.2. The topological polar surface area (TPSA) is 94.8 Å². The van der Waals surface area contributed by atoms with Crippen LogP contribution in [0.3, 0.4) is 0 Å². The third-order valence-electron chi connectivity index (χ3n) is 3.07. The van der Waals surface area contributed by atoms with E-state index in [1.165, 1.54) is 23.7 Å². The standard InChI is InChI=1S/C15H13ClN6O2/c1-10(24-12-5-3-2-4-11(12)16)15(23)21-13-6-14(19-8-18-13)22-9-17-7-20-22/h2-10H,1H3,(H,18,19,21,23). The van der Waals surface area contributed by atoms with Gasteiger partial charge in [-0.1, -0.05) is 23.7 Å². The van der Waals surface area contributed by atoms with Gasteiger partial charge in [0.2, 0.25) is 0 Å². The quantitative estimate of drug-likeness (QED) is 0.761. The average Bonchev–Trinajstić information content (AvgIpc) is 3.12. The Morgan fingerprint density at radius 3 is 2.88 bits per heavy atom. The highest BCUT2D eigenvalue weighted by Gasteiger charge is 2.17. The fourth-order valence-electron chi connectivity index (χ4n) is 1.88. The molecule has 1 atom stereocenters. The van der Waals surface area contributed by atoms with Crippen LogP contribution in [0.1, 0.15) is 6.92 Å². The second-order valence-electron chi connectivity index (χ2n) is 4.78. The molecule has 0 bridgehead atoms. The van der Waals surface area contributed by atoms with Crippen LogP contribution in [0.15, 0.2) is 49.3 Å². The fraction of sp³-hybridized carbons (Fsp3) is 0.133. The first-order chi connectivity index (χ1) is 11.6. The Hall–Kier alpha value is -3.00. The lowest BCUT2D eigenvalue weighted by molar-refractivity contribution is -0.122. The number of nitrogens with zero attached hydrogens (tertiary/aromatic N) is 5. The zero-order valence-corrected chi connectivity index (χ0v) is 13.4. The number of carbonyl (C=O) groups is 1. The van der Waals surface area contributed by atoms with Crippen molar-refractivity contribution in [1.82, 2.24) is 24.7 Å². The van der Waals surface area contributed by atoms with Gasteiger partial charge >= 0.3 is 0 Å².